The first-order valence-corrected chi connectivity index (χ1v) is 10.9. The summed E-state index contributed by atoms with van der Waals surface area (Å²) in [6.45, 7) is 12.6. The van der Waals surface area contributed by atoms with E-state index >= 15 is 0 Å². The number of benzene rings is 1. The van der Waals surface area contributed by atoms with Crippen molar-refractivity contribution in [3.63, 3.8) is 0 Å². The Labute approximate surface area is 203 Å². The summed E-state index contributed by atoms with van der Waals surface area (Å²) in [5.74, 6) is 0.829. The molecule has 1 aliphatic heterocycles. The first kappa shape index (κ1) is 25.6. The highest BCUT2D eigenvalue weighted by Gasteiger charge is 2.16. The Morgan fingerprint density at radius 1 is 1.23 bits per heavy atom. The molecule has 0 aliphatic carbocycles. The molecule has 1 aromatic carbocycles. The molecule has 2 heterocycles. The molecule has 3 rings (SSSR count). The molecule has 0 spiro atoms. The quantitative estimate of drug-likeness (QED) is 0.233. The average Bonchev–Trinajstić information content (AvgIpc) is 3.04. The third-order valence-corrected chi connectivity index (χ3v) is 5.35. The number of aliphatic imine (C=N–C) groups is 1. The fourth-order valence-electron chi connectivity index (χ4n) is 3.87. The molecule has 8 heteroatoms. The summed E-state index contributed by atoms with van der Waals surface area (Å²) < 4.78 is 7.71. The normalized spacial score (nSPS) is 17.3. The van der Waals surface area contributed by atoms with Crippen molar-refractivity contribution in [2.24, 2.45) is 4.99 Å². The van der Waals surface area contributed by atoms with E-state index in [9.17, 15) is 0 Å². The number of nitrogens with one attached hydrogen (secondary N) is 2. The lowest BCUT2D eigenvalue weighted by molar-refractivity contribution is -0.0212. The van der Waals surface area contributed by atoms with Crippen LogP contribution in [0.25, 0.3) is 0 Å². The summed E-state index contributed by atoms with van der Waals surface area (Å²) >= 11 is 0. The van der Waals surface area contributed by atoms with Crippen LogP contribution < -0.4 is 10.6 Å². The van der Waals surface area contributed by atoms with Crippen molar-refractivity contribution in [1.82, 2.24) is 25.3 Å². The van der Waals surface area contributed by atoms with Crippen LogP contribution in [0.5, 0.6) is 0 Å². The molecular weight excluding hydrogens is 503 g/mol. The zero-order valence-corrected chi connectivity index (χ0v) is 21.6. The second kappa shape index (κ2) is 13.0. The van der Waals surface area contributed by atoms with E-state index in [-0.39, 0.29) is 24.0 Å². The van der Waals surface area contributed by atoms with E-state index < -0.39 is 0 Å². The molecule has 1 unspecified atom stereocenters. The van der Waals surface area contributed by atoms with Gasteiger partial charge in [-0.3, -0.25) is 14.6 Å². The Bertz CT molecular complexity index is 837. The minimum absolute atomic E-state index is 0. The standard InChI is InChI=1S/C23H36N6O.HI/c1-18-13-19(2)29(27-18)10-6-9-25-23(24-4)26-15-21-7-5-8-22(14-21)17-28-11-12-30-20(3)16-28;/h5,7-8,13-14,20H,6,9-12,15-17H2,1-4H3,(H2,24,25,26);1H. The number of hydrogen-bond acceptors (Lipinski definition) is 4. The number of aryl methyl sites for hydroxylation is 3. The van der Waals surface area contributed by atoms with E-state index in [1.54, 1.807) is 0 Å². The van der Waals surface area contributed by atoms with Gasteiger partial charge in [0.15, 0.2) is 5.96 Å². The van der Waals surface area contributed by atoms with Gasteiger partial charge in [0.05, 0.1) is 18.4 Å². The van der Waals surface area contributed by atoms with E-state index in [4.69, 9.17) is 4.74 Å². The van der Waals surface area contributed by atoms with Crippen molar-refractivity contribution in [2.75, 3.05) is 33.3 Å². The molecule has 1 aliphatic rings. The van der Waals surface area contributed by atoms with Crippen molar-refractivity contribution in [2.45, 2.75) is 52.9 Å². The summed E-state index contributed by atoms with van der Waals surface area (Å²) in [5, 5.41) is 11.3. The number of nitrogens with zero attached hydrogens (tertiary/aromatic N) is 4. The topological polar surface area (TPSA) is 66.7 Å². The third kappa shape index (κ3) is 8.42. The van der Waals surface area contributed by atoms with Gasteiger partial charge in [0, 0.05) is 52.0 Å². The van der Waals surface area contributed by atoms with Crippen molar-refractivity contribution in [1.29, 1.82) is 0 Å². The Morgan fingerprint density at radius 2 is 2.03 bits per heavy atom. The highest BCUT2D eigenvalue weighted by molar-refractivity contribution is 14.0. The largest absolute Gasteiger partial charge is 0.376 e. The Balaban J connectivity index is 0.00000341. The number of rotatable bonds is 8. The van der Waals surface area contributed by atoms with Crippen molar-refractivity contribution in [3.8, 4) is 0 Å². The Hall–Kier alpha value is -1.65. The van der Waals surface area contributed by atoms with Gasteiger partial charge in [-0.2, -0.15) is 5.10 Å². The maximum atomic E-state index is 5.64. The first-order chi connectivity index (χ1) is 14.5. The number of morpholine rings is 1. The molecule has 1 aromatic heterocycles. The van der Waals surface area contributed by atoms with Gasteiger partial charge < -0.3 is 15.4 Å². The number of guanidine groups is 1. The van der Waals surface area contributed by atoms with Gasteiger partial charge in [0.2, 0.25) is 0 Å². The monoisotopic (exact) mass is 540 g/mol. The van der Waals surface area contributed by atoms with E-state index in [2.05, 4.69) is 74.5 Å². The van der Waals surface area contributed by atoms with Crippen LogP contribution in [0.4, 0.5) is 0 Å². The lowest BCUT2D eigenvalue weighted by Gasteiger charge is -2.31. The summed E-state index contributed by atoms with van der Waals surface area (Å²) in [4.78, 5) is 6.81. The van der Waals surface area contributed by atoms with Crippen LogP contribution in [0.3, 0.4) is 0 Å². The molecule has 1 fully saturated rings. The van der Waals surface area contributed by atoms with Crippen LogP contribution in [0.2, 0.25) is 0 Å². The lowest BCUT2D eigenvalue weighted by atomic mass is 10.1. The van der Waals surface area contributed by atoms with E-state index in [1.165, 1.54) is 16.8 Å². The van der Waals surface area contributed by atoms with Crippen LogP contribution in [-0.4, -0.2) is 60.0 Å². The smallest absolute Gasteiger partial charge is 0.191 e. The molecule has 2 N–H and O–H groups in total. The van der Waals surface area contributed by atoms with Crippen LogP contribution in [0, 0.1) is 13.8 Å². The van der Waals surface area contributed by atoms with Crippen LogP contribution in [0.1, 0.15) is 35.9 Å². The maximum Gasteiger partial charge on any atom is 0.191 e. The van der Waals surface area contributed by atoms with Crippen LogP contribution in [-0.2, 0) is 24.4 Å². The molecule has 31 heavy (non-hydrogen) atoms. The maximum absolute atomic E-state index is 5.64. The molecule has 0 radical (unpaired) electrons. The van der Waals surface area contributed by atoms with Gasteiger partial charge in [-0.25, -0.2) is 0 Å². The third-order valence-electron chi connectivity index (χ3n) is 5.35. The zero-order chi connectivity index (χ0) is 21.3. The SMILES string of the molecule is CN=C(NCCCn1nc(C)cc1C)NCc1cccc(CN2CCOC(C)C2)c1.I. The van der Waals surface area contributed by atoms with E-state index in [0.29, 0.717) is 6.10 Å². The molecule has 0 saturated carbocycles. The second-order valence-electron chi connectivity index (χ2n) is 8.09. The molecule has 0 bridgehead atoms. The van der Waals surface area contributed by atoms with Gasteiger partial charge in [0.1, 0.15) is 0 Å². The summed E-state index contributed by atoms with van der Waals surface area (Å²) in [6, 6.07) is 10.9. The number of ether oxygens (including phenoxy) is 1. The van der Waals surface area contributed by atoms with Gasteiger partial charge >= 0.3 is 0 Å². The fraction of sp³-hybridized carbons (Fsp3) is 0.565. The van der Waals surface area contributed by atoms with Crippen LogP contribution >= 0.6 is 24.0 Å². The molecule has 1 atom stereocenters. The van der Waals surface area contributed by atoms with Crippen LogP contribution in [0.15, 0.2) is 35.3 Å². The minimum atomic E-state index is 0. The predicted octanol–water partition coefficient (Wildman–Crippen LogP) is 3.09. The van der Waals surface area contributed by atoms with Gasteiger partial charge in [-0.05, 0) is 44.4 Å². The van der Waals surface area contributed by atoms with Crippen molar-refractivity contribution >= 4 is 29.9 Å². The van der Waals surface area contributed by atoms with Gasteiger partial charge in [-0.1, -0.05) is 24.3 Å². The van der Waals surface area contributed by atoms with E-state index in [0.717, 1.165) is 63.9 Å². The summed E-state index contributed by atoms with van der Waals surface area (Å²) in [5.41, 5.74) is 4.89. The molecular formula is C23H37IN6O. The molecule has 172 valence electrons. The summed E-state index contributed by atoms with van der Waals surface area (Å²) in [7, 11) is 1.81. The van der Waals surface area contributed by atoms with Gasteiger partial charge in [0.25, 0.3) is 0 Å². The predicted molar refractivity (Wildman–Crippen MR) is 137 cm³/mol. The van der Waals surface area contributed by atoms with Crippen molar-refractivity contribution in [3.05, 3.63) is 52.8 Å². The number of hydrogen-bond donors (Lipinski definition) is 2. The van der Waals surface area contributed by atoms with Gasteiger partial charge in [-0.15, -0.1) is 24.0 Å². The van der Waals surface area contributed by atoms with Crippen molar-refractivity contribution < 1.29 is 4.74 Å². The second-order valence-corrected chi connectivity index (χ2v) is 8.09. The number of halogens is 1. The molecule has 1 saturated heterocycles. The Morgan fingerprint density at radius 3 is 2.74 bits per heavy atom. The number of aromatic nitrogens is 2. The average molecular weight is 540 g/mol. The lowest BCUT2D eigenvalue weighted by Crippen LogP contribution is -2.40. The zero-order valence-electron chi connectivity index (χ0n) is 19.2. The first-order valence-electron chi connectivity index (χ1n) is 10.9. The minimum Gasteiger partial charge on any atom is -0.376 e. The highest BCUT2D eigenvalue weighted by atomic mass is 127. The Kier molecular flexibility index (Phi) is 10.8. The fourth-order valence-corrected chi connectivity index (χ4v) is 3.87. The molecule has 0 amide bonds. The molecule has 7 nitrogen and oxygen atoms in total. The molecule has 2 aromatic rings. The summed E-state index contributed by atoms with van der Waals surface area (Å²) in [6.07, 6.45) is 1.31. The van der Waals surface area contributed by atoms with E-state index in [1.807, 2.05) is 14.0 Å². The highest BCUT2D eigenvalue weighted by Crippen LogP contribution is 2.12.